The fourth-order valence-electron chi connectivity index (χ4n) is 5.36. The Morgan fingerprint density at radius 2 is 1.78 bits per heavy atom. The van der Waals surface area contributed by atoms with Gasteiger partial charge in [-0.2, -0.15) is 0 Å². The predicted molar refractivity (Wildman–Crippen MR) is 91.7 cm³/mol. The number of imide groups is 1. The zero-order chi connectivity index (χ0) is 19.1. The first-order chi connectivity index (χ1) is 12.8. The average Bonchev–Trinajstić information content (AvgIpc) is 3.20. The van der Waals surface area contributed by atoms with E-state index in [1.165, 1.54) is 12.1 Å². The van der Waals surface area contributed by atoms with Crippen molar-refractivity contribution in [2.24, 2.45) is 29.1 Å². The van der Waals surface area contributed by atoms with Crippen LogP contribution in [-0.4, -0.2) is 22.7 Å². The molecule has 27 heavy (non-hydrogen) atoms. The van der Waals surface area contributed by atoms with Gasteiger partial charge in [-0.05, 0) is 42.2 Å². The summed E-state index contributed by atoms with van der Waals surface area (Å²) in [5, 5.41) is 11.4. The van der Waals surface area contributed by atoms with Crippen molar-refractivity contribution >= 4 is 29.2 Å². The summed E-state index contributed by atoms with van der Waals surface area (Å²) in [6.45, 7) is 1.14. The molecule has 1 saturated heterocycles. The van der Waals surface area contributed by atoms with Crippen LogP contribution in [0.25, 0.3) is 0 Å². The van der Waals surface area contributed by atoms with Crippen molar-refractivity contribution in [3.8, 4) is 5.75 Å². The number of carbonyl (C=O) groups excluding carboxylic acids is 3. The van der Waals surface area contributed by atoms with Crippen LogP contribution >= 0.6 is 0 Å². The molecule has 1 aromatic rings. The number of carbonyl (C=O) groups is 3. The zero-order valence-electron chi connectivity index (χ0n) is 14.5. The maximum Gasteiger partial charge on any atom is 0.313 e. The van der Waals surface area contributed by atoms with Gasteiger partial charge in [-0.1, -0.05) is 12.2 Å². The van der Waals surface area contributed by atoms with Crippen LogP contribution in [0.4, 0.5) is 11.4 Å². The van der Waals surface area contributed by atoms with Gasteiger partial charge in [-0.15, -0.1) is 0 Å². The molecule has 1 heterocycles. The summed E-state index contributed by atoms with van der Waals surface area (Å²) in [5.41, 5.74) is -0.218. The molecular weight excluding hydrogens is 352 g/mol. The van der Waals surface area contributed by atoms with Crippen LogP contribution in [0.15, 0.2) is 30.4 Å². The number of nitro benzene ring substituents is 1. The van der Waals surface area contributed by atoms with Crippen molar-refractivity contribution in [1.82, 2.24) is 0 Å². The van der Waals surface area contributed by atoms with Gasteiger partial charge in [-0.3, -0.25) is 24.5 Å². The Hall–Kier alpha value is -3.03. The second-order valence-electron chi connectivity index (χ2n) is 7.74. The van der Waals surface area contributed by atoms with Gasteiger partial charge in [0, 0.05) is 13.0 Å². The van der Waals surface area contributed by atoms with Crippen LogP contribution < -0.4 is 9.64 Å². The highest BCUT2D eigenvalue weighted by Crippen LogP contribution is 2.73. The number of hydrogen-bond donors (Lipinski definition) is 0. The molecule has 1 aliphatic heterocycles. The Labute approximate surface area is 153 Å². The van der Waals surface area contributed by atoms with Crippen LogP contribution in [0.3, 0.4) is 0 Å². The van der Waals surface area contributed by atoms with Crippen LogP contribution in [0, 0.1) is 39.2 Å². The first-order valence-corrected chi connectivity index (χ1v) is 8.88. The molecule has 0 unspecified atom stereocenters. The van der Waals surface area contributed by atoms with Crippen LogP contribution in [0.2, 0.25) is 0 Å². The van der Waals surface area contributed by atoms with Crippen LogP contribution in [0.5, 0.6) is 5.75 Å². The lowest BCUT2D eigenvalue weighted by atomic mass is 9.85. The topological polar surface area (TPSA) is 107 Å². The molecular formula is C19H16N2O6. The Kier molecular flexibility index (Phi) is 3.01. The monoisotopic (exact) mass is 368 g/mol. The largest absolute Gasteiger partial charge is 0.419 e. The molecule has 2 amide bonds. The summed E-state index contributed by atoms with van der Waals surface area (Å²) < 4.78 is 4.85. The van der Waals surface area contributed by atoms with Gasteiger partial charge in [0.05, 0.1) is 22.4 Å². The van der Waals surface area contributed by atoms with E-state index in [1.54, 1.807) is 0 Å². The summed E-state index contributed by atoms with van der Waals surface area (Å²) in [6.07, 6.45) is 6.23. The number of nitrogens with zero attached hydrogens (tertiary/aromatic N) is 2. The molecule has 4 atom stereocenters. The van der Waals surface area contributed by atoms with E-state index in [2.05, 4.69) is 12.2 Å². The number of fused-ring (bicyclic) bond motifs is 3. The molecule has 3 aliphatic carbocycles. The Morgan fingerprint density at radius 3 is 2.26 bits per heavy atom. The van der Waals surface area contributed by atoms with E-state index in [-0.39, 0.29) is 52.3 Å². The number of rotatable bonds is 3. The fourth-order valence-corrected chi connectivity index (χ4v) is 5.36. The summed E-state index contributed by atoms with van der Waals surface area (Å²) in [6, 6.07) is 3.78. The SMILES string of the molecule is CC(=O)Oc1ccc(N2C(=O)[C@@H]3[C@@H](C2=O)[C@@H]2C=C[C@@H]3C23CC3)cc1[N+](=O)[O-]. The number of allylic oxidation sites excluding steroid dienone is 2. The van der Waals surface area contributed by atoms with Gasteiger partial charge in [0.15, 0.2) is 0 Å². The number of anilines is 1. The maximum absolute atomic E-state index is 13.1. The second-order valence-corrected chi connectivity index (χ2v) is 7.74. The van der Waals surface area contributed by atoms with Gasteiger partial charge < -0.3 is 4.74 Å². The zero-order valence-corrected chi connectivity index (χ0v) is 14.5. The number of benzene rings is 1. The standard InChI is InChI=1S/C19H16N2O6/c1-9(22)27-14-5-2-10(8-13(14)21(25)26)20-17(23)15-11-3-4-12(16(15)18(20)24)19(11)6-7-19/h2-5,8,11-12,15-16H,6-7H2,1H3/t11-,12-,15-,16-/m0/s1. The Balaban J connectivity index is 1.52. The first-order valence-electron chi connectivity index (χ1n) is 8.88. The van der Waals surface area contributed by atoms with Crippen LogP contribution in [0.1, 0.15) is 19.8 Å². The van der Waals surface area contributed by atoms with Crippen molar-refractivity contribution in [3.63, 3.8) is 0 Å². The third-order valence-corrected chi connectivity index (χ3v) is 6.50. The Bertz CT molecular complexity index is 929. The van der Waals surface area contributed by atoms with Gasteiger partial charge >= 0.3 is 11.7 Å². The summed E-state index contributed by atoms with van der Waals surface area (Å²) in [4.78, 5) is 49.0. The van der Waals surface area contributed by atoms with E-state index in [0.29, 0.717) is 0 Å². The van der Waals surface area contributed by atoms with Crippen molar-refractivity contribution in [1.29, 1.82) is 0 Å². The number of esters is 1. The number of amides is 2. The predicted octanol–water partition coefficient (Wildman–Crippen LogP) is 2.22. The highest BCUT2D eigenvalue weighted by molar-refractivity contribution is 6.23. The van der Waals surface area contributed by atoms with Gasteiger partial charge in [0.25, 0.3) is 0 Å². The molecule has 138 valence electrons. The molecule has 2 saturated carbocycles. The smallest absolute Gasteiger partial charge is 0.313 e. The Morgan fingerprint density at radius 1 is 1.19 bits per heavy atom. The van der Waals surface area contributed by atoms with E-state index in [4.69, 9.17) is 4.74 Å². The molecule has 1 aromatic carbocycles. The minimum absolute atomic E-state index is 0.0873. The average molecular weight is 368 g/mol. The minimum atomic E-state index is -0.696. The maximum atomic E-state index is 13.1. The molecule has 1 spiro atoms. The van der Waals surface area contributed by atoms with Crippen molar-refractivity contribution < 1.29 is 24.0 Å². The van der Waals surface area contributed by atoms with Crippen molar-refractivity contribution in [3.05, 3.63) is 40.5 Å². The molecule has 0 aromatic heterocycles. The number of hydrogen-bond acceptors (Lipinski definition) is 6. The summed E-state index contributed by atoms with van der Waals surface area (Å²) in [7, 11) is 0. The van der Waals surface area contributed by atoms with Crippen LogP contribution in [-0.2, 0) is 14.4 Å². The van der Waals surface area contributed by atoms with Gasteiger partial charge in [0.2, 0.25) is 17.6 Å². The summed E-state index contributed by atoms with van der Waals surface area (Å²) in [5.74, 6) is -2.05. The molecule has 3 fully saturated rings. The quantitative estimate of drug-likeness (QED) is 0.202. The highest BCUT2D eigenvalue weighted by atomic mass is 16.6. The fraction of sp³-hybridized carbons (Fsp3) is 0.421. The number of ether oxygens (including phenoxy) is 1. The molecule has 0 N–H and O–H groups in total. The lowest BCUT2D eigenvalue weighted by Gasteiger charge is -2.21. The third kappa shape index (κ3) is 1.95. The van der Waals surface area contributed by atoms with Crippen molar-refractivity contribution in [2.45, 2.75) is 19.8 Å². The molecule has 4 aliphatic rings. The highest BCUT2D eigenvalue weighted by Gasteiger charge is 2.73. The van der Waals surface area contributed by atoms with E-state index < -0.39 is 16.6 Å². The van der Waals surface area contributed by atoms with E-state index in [9.17, 15) is 24.5 Å². The first kappa shape index (κ1) is 16.2. The lowest BCUT2D eigenvalue weighted by Crippen LogP contribution is -2.34. The molecule has 8 heteroatoms. The van der Waals surface area contributed by atoms with Crippen molar-refractivity contribution in [2.75, 3.05) is 4.90 Å². The minimum Gasteiger partial charge on any atom is -0.419 e. The van der Waals surface area contributed by atoms with E-state index in [0.717, 1.165) is 30.7 Å². The van der Waals surface area contributed by atoms with Gasteiger partial charge in [0.1, 0.15) is 0 Å². The normalized spacial score (nSPS) is 31.5. The molecule has 5 rings (SSSR count). The van der Waals surface area contributed by atoms with E-state index >= 15 is 0 Å². The number of nitro groups is 1. The van der Waals surface area contributed by atoms with Gasteiger partial charge in [-0.25, -0.2) is 4.90 Å². The van der Waals surface area contributed by atoms with E-state index in [1.807, 2.05) is 0 Å². The second kappa shape index (κ2) is 5.03. The summed E-state index contributed by atoms with van der Waals surface area (Å²) >= 11 is 0. The molecule has 0 radical (unpaired) electrons. The molecule has 2 bridgehead atoms. The lowest BCUT2D eigenvalue weighted by molar-refractivity contribution is -0.385. The third-order valence-electron chi connectivity index (χ3n) is 6.50. The molecule has 8 nitrogen and oxygen atoms in total.